The quantitative estimate of drug-likeness (QED) is 0.724. The van der Waals surface area contributed by atoms with Gasteiger partial charge in [0.1, 0.15) is 11.6 Å². The fourth-order valence-corrected chi connectivity index (χ4v) is 4.88. The summed E-state index contributed by atoms with van der Waals surface area (Å²) in [5.74, 6) is 0. The fourth-order valence-electron chi connectivity index (χ4n) is 4.88. The maximum Gasteiger partial charge on any atom is 0.266 e. The van der Waals surface area contributed by atoms with Crippen LogP contribution in [0.1, 0.15) is 54.1 Å². The molecular weight excluding hydrogens is 374 g/mol. The SMILES string of the molecule is N#Cc1cc2c([nH]c1=O)CCN(Cc1cnn(C3CCCC3)c1-c1ccccc1)C2. The van der Waals surface area contributed by atoms with Gasteiger partial charge in [0.25, 0.3) is 5.56 Å². The molecule has 1 fully saturated rings. The van der Waals surface area contributed by atoms with Crippen molar-refractivity contribution in [3.8, 4) is 17.3 Å². The van der Waals surface area contributed by atoms with Gasteiger partial charge in [-0.3, -0.25) is 14.4 Å². The van der Waals surface area contributed by atoms with Gasteiger partial charge < -0.3 is 4.98 Å². The molecule has 2 aliphatic rings. The zero-order valence-electron chi connectivity index (χ0n) is 17.0. The van der Waals surface area contributed by atoms with Crippen LogP contribution in [0.3, 0.4) is 0 Å². The highest BCUT2D eigenvalue weighted by molar-refractivity contribution is 5.63. The Bertz CT molecular complexity index is 1150. The average Bonchev–Trinajstić information content (AvgIpc) is 3.44. The number of H-pyrrole nitrogens is 1. The van der Waals surface area contributed by atoms with Crippen LogP contribution in [-0.4, -0.2) is 26.2 Å². The molecular formula is C24H25N5O. The van der Waals surface area contributed by atoms with Crippen molar-refractivity contribution >= 4 is 0 Å². The minimum absolute atomic E-state index is 0.189. The molecule has 5 rings (SSSR count). The first-order valence-corrected chi connectivity index (χ1v) is 10.7. The van der Waals surface area contributed by atoms with E-state index in [1.54, 1.807) is 6.07 Å². The molecule has 0 amide bonds. The molecule has 0 atom stereocenters. The second-order valence-corrected chi connectivity index (χ2v) is 8.36. The molecule has 0 spiro atoms. The van der Waals surface area contributed by atoms with E-state index in [1.807, 2.05) is 12.3 Å². The average molecular weight is 399 g/mol. The summed E-state index contributed by atoms with van der Waals surface area (Å²) in [6, 6.07) is 14.8. The Morgan fingerprint density at radius 2 is 2.00 bits per heavy atom. The molecule has 6 heteroatoms. The van der Waals surface area contributed by atoms with Gasteiger partial charge in [0.05, 0.1) is 17.9 Å². The minimum Gasteiger partial charge on any atom is -0.325 e. The standard InChI is InChI=1S/C24H25N5O/c25-13-18-12-19-15-28(11-10-22(19)27-24(18)30)16-20-14-26-29(21-8-4-5-9-21)23(20)17-6-2-1-3-7-17/h1-3,6-7,12,14,21H,4-5,8-11,15-16H2,(H,27,30). The van der Waals surface area contributed by atoms with E-state index in [9.17, 15) is 10.1 Å². The number of nitriles is 1. The third kappa shape index (κ3) is 3.46. The number of hydrogen-bond donors (Lipinski definition) is 1. The smallest absolute Gasteiger partial charge is 0.266 e. The number of benzene rings is 1. The zero-order valence-corrected chi connectivity index (χ0v) is 17.0. The highest BCUT2D eigenvalue weighted by Gasteiger charge is 2.25. The Hall–Kier alpha value is -3.17. The summed E-state index contributed by atoms with van der Waals surface area (Å²) in [4.78, 5) is 17.2. The fraction of sp³-hybridized carbons (Fsp3) is 0.375. The van der Waals surface area contributed by atoms with Gasteiger partial charge >= 0.3 is 0 Å². The van der Waals surface area contributed by atoms with Gasteiger partial charge in [0, 0.05) is 42.9 Å². The lowest BCUT2D eigenvalue weighted by Gasteiger charge is -2.28. The van der Waals surface area contributed by atoms with Crippen molar-refractivity contribution in [2.75, 3.05) is 6.54 Å². The molecule has 1 N–H and O–H groups in total. The minimum atomic E-state index is -0.283. The molecule has 0 radical (unpaired) electrons. The van der Waals surface area contributed by atoms with Gasteiger partial charge in [-0.25, -0.2) is 0 Å². The van der Waals surface area contributed by atoms with E-state index < -0.39 is 0 Å². The van der Waals surface area contributed by atoms with Crippen molar-refractivity contribution < 1.29 is 0 Å². The van der Waals surface area contributed by atoms with Gasteiger partial charge in [-0.05, 0) is 24.5 Å². The molecule has 30 heavy (non-hydrogen) atoms. The first-order valence-electron chi connectivity index (χ1n) is 10.7. The molecule has 1 aliphatic carbocycles. The summed E-state index contributed by atoms with van der Waals surface area (Å²) in [5.41, 5.74) is 5.59. The summed E-state index contributed by atoms with van der Waals surface area (Å²) >= 11 is 0. The predicted molar refractivity (Wildman–Crippen MR) is 115 cm³/mol. The lowest BCUT2D eigenvalue weighted by molar-refractivity contribution is 0.243. The lowest BCUT2D eigenvalue weighted by atomic mass is 10.0. The Labute approximate surface area is 175 Å². The van der Waals surface area contributed by atoms with Crippen LogP contribution in [0.2, 0.25) is 0 Å². The van der Waals surface area contributed by atoms with E-state index in [2.05, 4.69) is 44.9 Å². The third-order valence-electron chi connectivity index (χ3n) is 6.39. The van der Waals surface area contributed by atoms with Crippen molar-refractivity contribution in [1.82, 2.24) is 19.7 Å². The summed E-state index contributed by atoms with van der Waals surface area (Å²) in [6.07, 6.45) is 7.76. The van der Waals surface area contributed by atoms with Gasteiger partial charge in [-0.1, -0.05) is 43.2 Å². The molecule has 1 aromatic carbocycles. The topological polar surface area (TPSA) is 77.7 Å². The summed E-state index contributed by atoms with van der Waals surface area (Å²) in [6.45, 7) is 2.40. The summed E-state index contributed by atoms with van der Waals surface area (Å²) < 4.78 is 2.25. The van der Waals surface area contributed by atoms with Crippen LogP contribution < -0.4 is 5.56 Å². The van der Waals surface area contributed by atoms with Crippen LogP contribution in [0.4, 0.5) is 0 Å². The number of rotatable bonds is 4. The zero-order chi connectivity index (χ0) is 20.5. The van der Waals surface area contributed by atoms with Crippen LogP contribution in [0.15, 0.2) is 47.4 Å². The second kappa shape index (κ2) is 7.92. The molecule has 152 valence electrons. The van der Waals surface area contributed by atoms with E-state index in [4.69, 9.17) is 5.10 Å². The number of nitrogens with one attached hydrogen (secondary N) is 1. The van der Waals surface area contributed by atoms with Crippen molar-refractivity contribution in [1.29, 1.82) is 5.26 Å². The third-order valence-corrected chi connectivity index (χ3v) is 6.39. The van der Waals surface area contributed by atoms with Crippen LogP contribution in [0, 0.1) is 11.3 Å². The monoisotopic (exact) mass is 399 g/mol. The predicted octanol–water partition coefficient (Wildman–Crippen LogP) is 3.78. The lowest BCUT2D eigenvalue weighted by Crippen LogP contribution is -2.32. The Kier molecular flexibility index (Phi) is 4.97. The number of pyridine rings is 1. The molecule has 2 aromatic heterocycles. The van der Waals surface area contributed by atoms with Gasteiger partial charge in [0.2, 0.25) is 0 Å². The maximum absolute atomic E-state index is 11.9. The van der Waals surface area contributed by atoms with Crippen molar-refractivity contribution in [2.45, 2.75) is 51.2 Å². The number of nitrogens with zero attached hydrogens (tertiary/aromatic N) is 4. The first-order chi connectivity index (χ1) is 14.7. The van der Waals surface area contributed by atoms with Crippen molar-refractivity contribution in [3.05, 3.63) is 75.3 Å². The molecule has 3 heterocycles. The molecule has 3 aromatic rings. The van der Waals surface area contributed by atoms with Crippen LogP contribution in [0.5, 0.6) is 0 Å². The highest BCUT2D eigenvalue weighted by Crippen LogP contribution is 2.35. The van der Waals surface area contributed by atoms with Crippen LogP contribution in [0.25, 0.3) is 11.3 Å². The largest absolute Gasteiger partial charge is 0.325 e. The highest BCUT2D eigenvalue weighted by atomic mass is 16.1. The Balaban J connectivity index is 1.45. The van der Waals surface area contributed by atoms with E-state index >= 15 is 0 Å². The van der Waals surface area contributed by atoms with Crippen molar-refractivity contribution in [3.63, 3.8) is 0 Å². The summed E-state index contributed by atoms with van der Waals surface area (Å²) in [5, 5.41) is 14.0. The molecule has 0 bridgehead atoms. The summed E-state index contributed by atoms with van der Waals surface area (Å²) in [7, 11) is 0. The van der Waals surface area contributed by atoms with Crippen molar-refractivity contribution in [2.24, 2.45) is 0 Å². The van der Waals surface area contributed by atoms with Crippen LogP contribution in [-0.2, 0) is 19.5 Å². The molecule has 6 nitrogen and oxygen atoms in total. The Morgan fingerprint density at radius 3 is 2.77 bits per heavy atom. The first kappa shape index (κ1) is 18.8. The van der Waals surface area contributed by atoms with Gasteiger partial charge in [-0.2, -0.15) is 10.4 Å². The van der Waals surface area contributed by atoms with Crippen LogP contribution >= 0.6 is 0 Å². The van der Waals surface area contributed by atoms with Gasteiger partial charge in [-0.15, -0.1) is 0 Å². The number of aromatic amines is 1. The maximum atomic E-state index is 11.9. The second-order valence-electron chi connectivity index (χ2n) is 8.36. The molecule has 1 saturated carbocycles. The van der Waals surface area contributed by atoms with E-state index in [0.29, 0.717) is 6.04 Å². The normalized spacial score (nSPS) is 17.0. The molecule has 0 unspecified atom stereocenters. The number of hydrogen-bond acceptors (Lipinski definition) is 4. The molecule has 0 saturated heterocycles. The Morgan fingerprint density at radius 1 is 1.20 bits per heavy atom. The number of fused-ring (bicyclic) bond motifs is 1. The molecule has 1 aliphatic heterocycles. The van der Waals surface area contributed by atoms with E-state index in [1.165, 1.54) is 42.5 Å². The van der Waals surface area contributed by atoms with Gasteiger partial charge in [0.15, 0.2) is 0 Å². The number of aromatic nitrogens is 3. The van der Waals surface area contributed by atoms with E-state index in [0.717, 1.165) is 37.3 Å². The van der Waals surface area contributed by atoms with E-state index in [-0.39, 0.29) is 11.1 Å².